The Morgan fingerprint density at radius 2 is 2.21 bits per heavy atom. The molecular weight excluding hydrogens is 320 g/mol. The first-order valence-electron chi connectivity index (χ1n) is 8.32. The van der Waals surface area contributed by atoms with E-state index in [2.05, 4.69) is 39.5 Å². The van der Waals surface area contributed by atoms with Gasteiger partial charge in [-0.15, -0.1) is 11.3 Å². The number of aromatic nitrogens is 1. The van der Waals surface area contributed by atoms with Crippen LogP contribution in [-0.2, 0) is 16.1 Å². The van der Waals surface area contributed by atoms with Gasteiger partial charge in [-0.3, -0.25) is 4.79 Å². The van der Waals surface area contributed by atoms with Crippen molar-refractivity contribution in [3.63, 3.8) is 0 Å². The molecule has 5 heteroatoms. The Kier molecular flexibility index (Phi) is 4.36. The Labute approximate surface area is 145 Å². The lowest BCUT2D eigenvalue weighted by Gasteiger charge is -2.13. The van der Waals surface area contributed by atoms with Crippen LogP contribution in [0, 0.1) is 0 Å². The van der Waals surface area contributed by atoms with Crippen LogP contribution in [0.1, 0.15) is 12.8 Å². The van der Waals surface area contributed by atoms with Gasteiger partial charge < -0.3 is 14.6 Å². The summed E-state index contributed by atoms with van der Waals surface area (Å²) in [5.41, 5.74) is 2.19. The maximum atomic E-state index is 12.4. The molecule has 124 valence electrons. The highest BCUT2D eigenvalue weighted by atomic mass is 32.1. The summed E-state index contributed by atoms with van der Waals surface area (Å²) in [4.78, 5) is 13.6. The molecule has 1 amide bonds. The third-order valence-corrected chi connectivity index (χ3v) is 5.33. The third-order valence-electron chi connectivity index (χ3n) is 4.44. The molecule has 1 aromatic carbocycles. The predicted octanol–water partition coefficient (Wildman–Crippen LogP) is 3.67. The lowest BCUT2D eigenvalue weighted by molar-refractivity contribution is -0.122. The Morgan fingerprint density at radius 3 is 3.00 bits per heavy atom. The van der Waals surface area contributed by atoms with Gasteiger partial charge in [0, 0.05) is 24.1 Å². The van der Waals surface area contributed by atoms with Gasteiger partial charge in [0.05, 0.1) is 16.7 Å². The number of nitrogens with zero attached hydrogens (tertiary/aromatic N) is 1. The van der Waals surface area contributed by atoms with Crippen LogP contribution in [0.2, 0.25) is 0 Å². The first-order chi connectivity index (χ1) is 11.8. The van der Waals surface area contributed by atoms with Crippen LogP contribution in [0.3, 0.4) is 0 Å². The Bertz CT molecular complexity index is 832. The largest absolute Gasteiger partial charge is 0.376 e. The standard InChI is InChI=1S/C19H20N2O2S/c22-19(20-12-15-6-3-9-23-15)13-21-16-7-2-1-5-14(16)11-17(21)18-8-4-10-24-18/h1-2,4-5,7-8,10-11,15H,3,6,9,12-13H2,(H,20,22). The Hall–Kier alpha value is -2.11. The highest BCUT2D eigenvalue weighted by Crippen LogP contribution is 2.31. The number of rotatable bonds is 5. The molecule has 0 saturated carbocycles. The number of fused-ring (bicyclic) bond motifs is 1. The number of carbonyl (C=O) groups is 1. The summed E-state index contributed by atoms with van der Waals surface area (Å²) in [5, 5.41) is 6.24. The van der Waals surface area contributed by atoms with Crippen molar-refractivity contribution in [3.05, 3.63) is 47.8 Å². The van der Waals surface area contributed by atoms with Crippen molar-refractivity contribution in [2.75, 3.05) is 13.2 Å². The summed E-state index contributed by atoms with van der Waals surface area (Å²) in [5.74, 6) is 0.0321. The molecule has 0 bridgehead atoms. The van der Waals surface area contributed by atoms with Gasteiger partial charge >= 0.3 is 0 Å². The van der Waals surface area contributed by atoms with Crippen molar-refractivity contribution >= 4 is 28.1 Å². The molecule has 3 aromatic rings. The van der Waals surface area contributed by atoms with E-state index in [0.717, 1.165) is 36.0 Å². The number of para-hydroxylation sites is 1. The van der Waals surface area contributed by atoms with Crippen molar-refractivity contribution in [2.45, 2.75) is 25.5 Å². The number of thiophene rings is 1. The van der Waals surface area contributed by atoms with Crippen LogP contribution in [0.25, 0.3) is 21.5 Å². The molecule has 1 aliphatic rings. The van der Waals surface area contributed by atoms with Crippen LogP contribution < -0.4 is 5.32 Å². The average molecular weight is 340 g/mol. The summed E-state index contributed by atoms with van der Waals surface area (Å²) < 4.78 is 7.67. The van der Waals surface area contributed by atoms with Crippen molar-refractivity contribution < 1.29 is 9.53 Å². The fraction of sp³-hybridized carbons (Fsp3) is 0.316. The van der Waals surface area contributed by atoms with Gasteiger partial charge in [0.15, 0.2) is 0 Å². The van der Waals surface area contributed by atoms with E-state index in [1.165, 1.54) is 4.88 Å². The number of amides is 1. The molecule has 0 spiro atoms. The van der Waals surface area contributed by atoms with Crippen molar-refractivity contribution in [3.8, 4) is 10.6 Å². The van der Waals surface area contributed by atoms with Gasteiger partial charge in [-0.1, -0.05) is 24.3 Å². The van der Waals surface area contributed by atoms with Crippen LogP contribution in [0.5, 0.6) is 0 Å². The third kappa shape index (κ3) is 3.09. The van der Waals surface area contributed by atoms with E-state index in [1.54, 1.807) is 11.3 Å². The second kappa shape index (κ2) is 6.79. The molecule has 1 saturated heterocycles. The van der Waals surface area contributed by atoms with Crippen molar-refractivity contribution in [1.82, 2.24) is 9.88 Å². The lowest BCUT2D eigenvalue weighted by atomic mass is 10.2. The van der Waals surface area contributed by atoms with Gasteiger partial charge in [-0.25, -0.2) is 0 Å². The molecular formula is C19H20N2O2S. The van der Waals surface area contributed by atoms with Gasteiger partial charge in [0.25, 0.3) is 0 Å². The van der Waals surface area contributed by atoms with Crippen molar-refractivity contribution in [1.29, 1.82) is 0 Å². The zero-order chi connectivity index (χ0) is 16.4. The SMILES string of the molecule is O=C(Cn1c(-c2cccs2)cc2ccccc21)NCC1CCCO1. The summed E-state index contributed by atoms with van der Waals surface area (Å²) in [6.07, 6.45) is 2.30. The van der Waals surface area contributed by atoms with Crippen LogP contribution in [-0.4, -0.2) is 29.7 Å². The summed E-state index contributed by atoms with van der Waals surface area (Å²) in [6.45, 7) is 1.74. The monoisotopic (exact) mass is 340 g/mol. The fourth-order valence-electron chi connectivity index (χ4n) is 3.24. The average Bonchev–Trinajstić information content (AvgIpc) is 3.34. The van der Waals surface area contributed by atoms with Gasteiger partial charge in [-0.05, 0) is 36.4 Å². The highest BCUT2D eigenvalue weighted by Gasteiger charge is 2.18. The maximum Gasteiger partial charge on any atom is 0.240 e. The molecule has 2 aromatic heterocycles. The van der Waals surface area contributed by atoms with E-state index >= 15 is 0 Å². The van der Waals surface area contributed by atoms with Crippen LogP contribution in [0.4, 0.5) is 0 Å². The Balaban J connectivity index is 1.57. The zero-order valence-electron chi connectivity index (χ0n) is 13.4. The molecule has 3 heterocycles. The topological polar surface area (TPSA) is 43.3 Å². The number of nitrogens with one attached hydrogen (secondary N) is 1. The van der Waals surface area contributed by atoms with E-state index in [1.807, 2.05) is 18.2 Å². The number of hydrogen-bond donors (Lipinski definition) is 1. The van der Waals surface area contributed by atoms with E-state index in [4.69, 9.17) is 4.74 Å². The molecule has 1 N–H and O–H groups in total. The first-order valence-corrected chi connectivity index (χ1v) is 9.20. The van der Waals surface area contributed by atoms with E-state index in [9.17, 15) is 4.79 Å². The minimum Gasteiger partial charge on any atom is -0.376 e. The zero-order valence-corrected chi connectivity index (χ0v) is 14.2. The second-order valence-electron chi connectivity index (χ2n) is 6.09. The molecule has 24 heavy (non-hydrogen) atoms. The molecule has 1 aliphatic heterocycles. The normalized spacial score (nSPS) is 17.4. The minimum absolute atomic E-state index is 0.0321. The number of ether oxygens (including phenoxy) is 1. The lowest BCUT2D eigenvalue weighted by Crippen LogP contribution is -2.34. The predicted molar refractivity (Wildman–Crippen MR) is 97.2 cm³/mol. The first kappa shape index (κ1) is 15.4. The molecule has 0 radical (unpaired) electrons. The van der Waals surface area contributed by atoms with E-state index in [-0.39, 0.29) is 12.0 Å². The molecule has 4 nitrogen and oxygen atoms in total. The van der Waals surface area contributed by atoms with E-state index < -0.39 is 0 Å². The van der Waals surface area contributed by atoms with Gasteiger partial charge in [0.1, 0.15) is 6.54 Å². The molecule has 1 atom stereocenters. The maximum absolute atomic E-state index is 12.4. The number of carbonyl (C=O) groups excluding carboxylic acids is 1. The Morgan fingerprint density at radius 1 is 1.29 bits per heavy atom. The van der Waals surface area contributed by atoms with Crippen LogP contribution in [0.15, 0.2) is 47.8 Å². The second-order valence-corrected chi connectivity index (χ2v) is 7.04. The van der Waals surface area contributed by atoms with Gasteiger partial charge in [0.2, 0.25) is 5.91 Å². The van der Waals surface area contributed by atoms with Gasteiger partial charge in [-0.2, -0.15) is 0 Å². The van der Waals surface area contributed by atoms with Crippen LogP contribution >= 0.6 is 11.3 Å². The van der Waals surface area contributed by atoms with E-state index in [0.29, 0.717) is 13.1 Å². The highest BCUT2D eigenvalue weighted by molar-refractivity contribution is 7.13. The molecule has 1 unspecified atom stereocenters. The molecule has 1 fully saturated rings. The summed E-state index contributed by atoms with van der Waals surface area (Å²) in [6, 6.07) is 14.5. The quantitative estimate of drug-likeness (QED) is 0.770. The smallest absolute Gasteiger partial charge is 0.240 e. The fourth-order valence-corrected chi connectivity index (χ4v) is 3.99. The summed E-state index contributed by atoms with van der Waals surface area (Å²) >= 11 is 1.69. The minimum atomic E-state index is 0.0321. The van der Waals surface area contributed by atoms with Crippen molar-refractivity contribution in [2.24, 2.45) is 0 Å². The number of hydrogen-bond acceptors (Lipinski definition) is 3. The summed E-state index contributed by atoms with van der Waals surface area (Å²) in [7, 11) is 0. The molecule has 0 aliphatic carbocycles. The number of benzene rings is 1. The molecule has 4 rings (SSSR count).